The van der Waals surface area contributed by atoms with E-state index < -0.39 is 0 Å². The normalized spacial score (nSPS) is 11.6. The van der Waals surface area contributed by atoms with Gasteiger partial charge in [0.05, 0.1) is 0 Å². The lowest BCUT2D eigenvalue weighted by atomic mass is 10.1. The van der Waals surface area contributed by atoms with Gasteiger partial charge in [0.15, 0.2) is 0 Å². The second-order valence-corrected chi connectivity index (χ2v) is 4.26. The topological polar surface area (TPSA) is 12.0 Å². The van der Waals surface area contributed by atoms with Crippen molar-refractivity contribution in [1.82, 2.24) is 0 Å². The zero-order valence-electron chi connectivity index (χ0n) is 10.7. The third-order valence-corrected chi connectivity index (χ3v) is 2.56. The third kappa shape index (κ3) is 4.52. The Balaban J connectivity index is 2.63. The Bertz CT molecular complexity index is 322. The Morgan fingerprint density at radius 3 is 2.38 bits per heavy atom. The van der Waals surface area contributed by atoms with Gasteiger partial charge in [0.1, 0.15) is 0 Å². The first-order chi connectivity index (χ1) is 7.76. The van der Waals surface area contributed by atoms with Crippen LogP contribution in [0, 0.1) is 6.92 Å². The summed E-state index contributed by atoms with van der Waals surface area (Å²) in [6, 6.07) is 8.58. The summed E-state index contributed by atoms with van der Waals surface area (Å²) in [5, 5.41) is 3.50. The maximum atomic E-state index is 3.50. The van der Waals surface area contributed by atoms with Crippen LogP contribution in [0.2, 0.25) is 0 Å². The van der Waals surface area contributed by atoms with Crippen molar-refractivity contribution in [2.75, 3.05) is 5.32 Å². The number of rotatable bonds is 6. The Hall–Kier alpha value is -1.24. The van der Waals surface area contributed by atoms with Crippen molar-refractivity contribution in [3.63, 3.8) is 0 Å². The predicted octanol–water partition coefficient (Wildman–Crippen LogP) is 4.89. The summed E-state index contributed by atoms with van der Waals surface area (Å²) in [6.07, 6.45) is 7.02. The molecule has 1 heteroatoms. The van der Waals surface area contributed by atoms with Crippen molar-refractivity contribution in [1.29, 1.82) is 0 Å². The number of unbranched alkanes of at least 4 members (excludes halogenated alkanes) is 1. The molecule has 1 nitrogen and oxygen atoms in total. The molecule has 0 bridgehead atoms. The highest BCUT2D eigenvalue weighted by Gasteiger charge is 1.96. The molecular formula is C15H23N. The van der Waals surface area contributed by atoms with E-state index >= 15 is 0 Å². The number of nitrogens with one attached hydrogen (secondary N) is 1. The minimum absolute atomic E-state index is 1.13. The molecule has 0 aliphatic heterocycles. The van der Waals surface area contributed by atoms with Crippen LogP contribution in [0.1, 0.15) is 45.1 Å². The van der Waals surface area contributed by atoms with Crippen molar-refractivity contribution < 1.29 is 0 Å². The molecule has 0 heterocycles. The minimum atomic E-state index is 1.13. The first kappa shape index (κ1) is 12.8. The van der Waals surface area contributed by atoms with Crippen LogP contribution in [0.25, 0.3) is 0 Å². The molecule has 0 aliphatic rings. The van der Waals surface area contributed by atoms with Crippen LogP contribution in [-0.2, 0) is 0 Å². The molecule has 1 aromatic carbocycles. The monoisotopic (exact) mass is 217 g/mol. The molecule has 0 aliphatic carbocycles. The number of hydrogen-bond donors (Lipinski definition) is 1. The highest BCUT2D eigenvalue weighted by molar-refractivity contribution is 5.49. The Morgan fingerprint density at radius 1 is 1.12 bits per heavy atom. The van der Waals surface area contributed by atoms with Crippen LogP contribution in [0.5, 0.6) is 0 Å². The van der Waals surface area contributed by atoms with E-state index in [1.54, 1.807) is 0 Å². The van der Waals surface area contributed by atoms with Crippen LogP contribution in [0.15, 0.2) is 36.0 Å². The number of allylic oxidation sites excluding steroid dienone is 2. The quantitative estimate of drug-likeness (QED) is 0.715. The molecule has 1 aromatic rings. The summed E-state index contributed by atoms with van der Waals surface area (Å²) < 4.78 is 0. The molecule has 0 amide bonds. The molecule has 0 saturated heterocycles. The van der Waals surface area contributed by atoms with Crippen molar-refractivity contribution in [2.45, 2.75) is 46.5 Å². The third-order valence-electron chi connectivity index (χ3n) is 2.56. The molecule has 0 atom stereocenters. The van der Waals surface area contributed by atoms with Gasteiger partial charge in [-0.3, -0.25) is 0 Å². The van der Waals surface area contributed by atoms with E-state index in [0.29, 0.717) is 0 Å². The van der Waals surface area contributed by atoms with Gasteiger partial charge in [-0.2, -0.15) is 0 Å². The van der Waals surface area contributed by atoms with Gasteiger partial charge in [0, 0.05) is 11.4 Å². The summed E-state index contributed by atoms with van der Waals surface area (Å²) >= 11 is 0. The molecule has 0 unspecified atom stereocenters. The molecule has 0 saturated carbocycles. The van der Waals surface area contributed by atoms with Crippen molar-refractivity contribution in [2.24, 2.45) is 0 Å². The summed E-state index contributed by atoms with van der Waals surface area (Å²) in [4.78, 5) is 0. The zero-order chi connectivity index (χ0) is 11.8. The number of benzene rings is 1. The lowest BCUT2D eigenvalue weighted by Gasteiger charge is -2.10. The van der Waals surface area contributed by atoms with Gasteiger partial charge in [-0.15, -0.1) is 0 Å². The minimum Gasteiger partial charge on any atom is -0.359 e. The lowest BCUT2D eigenvalue weighted by molar-refractivity contribution is 0.880. The van der Waals surface area contributed by atoms with Gasteiger partial charge < -0.3 is 5.32 Å². The number of hydrogen-bond acceptors (Lipinski definition) is 1. The fraction of sp³-hybridized carbons (Fsp3) is 0.467. The molecule has 0 fully saturated rings. The van der Waals surface area contributed by atoms with E-state index in [4.69, 9.17) is 0 Å². The van der Waals surface area contributed by atoms with E-state index in [2.05, 4.69) is 56.4 Å². The lowest BCUT2D eigenvalue weighted by Crippen LogP contribution is -1.99. The Morgan fingerprint density at radius 2 is 1.81 bits per heavy atom. The Labute approximate surface area is 99.6 Å². The number of anilines is 1. The second-order valence-electron chi connectivity index (χ2n) is 4.26. The summed E-state index contributed by atoms with van der Waals surface area (Å²) in [7, 11) is 0. The Kier molecular flexibility index (Phi) is 5.69. The SMILES string of the molecule is CCC/C=C(\CCC)Nc1ccc(C)cc1. The van der Waals surface area contributed by atoms with Crippen LogP contribution in [0.3, 0.4) is 0 Å². The van der Waals surface area contributed by atoms with Gasteiger partial charge in [0.25, 0.3) is 0 Å². The fourth-order valence-corrected chi connectivity index (χ4v) is 1.63. The smallest absolute Gasteiger partial charge is 0.0381 e. The van der Waals surface area contributed by atoms with Crippen LogP contribution >= 0.6 is 0 Å². The maximum absolute atomic E-state index is 3.50. The average molecular weight is 217 g/mol. The molecule has 0 radical (unpaired) electrons. The standard InChI is InChI=1S/C15H23N/c1-4-6-8-14(7-5-2)16-15-11-9-13(3)10-12-15/h8-12,16H,4-7H2,1-3H3/b14-8+. The number of aryl methyl sites for hydroxylation is 1. The fourth-order valence-electron chi connectivity index (χ4n) is 1.63. The highest BCUT2D eigenvalue weighted by atomic mass is 14.9. The van der Waals surface area contributed by atoms with E-state index in [9.17, 15) is 0 Å². The molecule has 1 rings (SSSR count). The predicted molar refractivity (Wildman–Crippen MR) is 72.7 cm³/mol. The van der Waals surface area contributed by atoms with E-state index in [-0.39, 0.29) is 0 Å². The van der Waals surface area contributed by atoms with Crippen molar-refractivity contribution >= 4 is 5.69 Å². The summed E-state index contributed by atoms with van der Waals surface area (Å²) in [6.45, 7) is 6.55. The van der Waals surface area contributed by atoms with E-state index in [1.165, 1.54) is 29.8 Å². The van der Waals surface area contributed by atoms with Gasteiger partial charge in [0.2, 0.25) is 0 Å². The molecule has 16 heavy (non-hydrogen) atoms. The van der Waals surface area contributed by atoms with Gasteiger partial charge >= 0.3 is 0 Å². The summed E-state index contributed by atoms with van der Waals surface area (Å²) in [5.41, 5.74) is 3.86. The molecule has 0 aromatic heterocycles. The zero-order valence-corrected chi connectivity index (χ0v) is 10.7. The van der Waals surface area contributed by atoms with E-state index in [0.717, 1.165) is 12.8 Å². The first-order valence-electron chi connectivity index (χ1n) is 6.29. The molecule has 1 N–H and O–H groups in total. The van der Waals surface area contributed by atoms with Crippen LogP contribution < -0.4 is 5.32 Å². The van der Waals surface area contributed by atoms with Crippen molar-refractivity contribution in [3.8, 4) is 0 Å². The van der Waals surface area contributed by atoms with E-state index in [1.807, 2.05) is 0 Å². The van der Waals surface area contributed by atoms with Gasteiger partial charge in [-0.25, -0.2) is 0 Å². The summed E-state index contributed by atoms with van der Waals surface area (Å²) in [5.74, 6) is 0. The maximum Gasteiger partial charge on any atom is 0.0381 e. The van der Waals surface area contributed by atoms with Gasteiger partial charge in [-0.1, -0.05) is 50.5 Å². The average Bonchev–Trinajstić information content (AvgIpc) is 2.29. The first-order valence-corrected chi connectivity index (χ1v) is 6.29. The highest BCUT2D eigenvalue weighted by Crippen LogP contribution is 2.15. The van der Waals surface area contributed by atoms with Crippen LogP contribution in [-0.4, -0.2) is 0 Å². The van der Waals surface area contributed by atoms with Gasteiger partial charge in [-0.05, 0) is 31.9 Å². The molecule has 88 valence electrons. The molecular weight excluding hydrogens is 194 g/mol. The second kappa shape index (κ2) is 7.10. The largest absolute Gasteiger partial charge is 0.359 e. The van der Waals surface area contributed by atoms with Crippen LogP contribution in [0.4, 0.5) is 5.69 Å². The van der Waals surface area contributed by atoms with Crippen molar-refractivity contribution in [3.05, 3.63) is 41.6 Å². The molecule has 0 spiro atoms.